The number of aliphatic hydroxyl groups is 1. The molecule has 1 saturated heterocycles. The van der Waals surface area contributed by atoms with E-state index < -0.39 is 15.8 Å². The van der Waals surface area contributed by atoms with Gasteiger partial charge in [0.2, 0.25) is 0 Å². The minimum atomic E-state index is -3.51. The van der Waals surface area contributed by atoms with E-state index in [-0.39, 0.29) is 12.0 Å². The van der Waals surface area contributed by atoms with E-state index in [0.29, 0.717) is 39.1 Å². The largest absolute Gasteiger partial charge is 0.389 e. The van der Waals surface area contributed by atoms with Crippen LogP contribution >= 0.6 is 0 Å². The normalized spacial score (nSPS) is 27.4. The van der Waals surface area contributed by atoms with Crippen LogP contribution in [0.5, 0.6) is 0 Å². The van der Waals surface area contributed by atoms with Gasteiger partial charge in [-0.15, -0.1) is 0 Å². The fourth-order valence-corrected chi connectivity index (χ4v) is 3.94. The smallest absolute Gasteiger partial charge is 0.279 e. The summed E-state index contributed by atoms with van der Waals surface area (Å²) in [7, 11) is -3.51. The van der Waals surface area contributed by atoms with Crippen molar-refractivity contribution in [2.45, 2.75) is 45.1 Å². The van der Waals surface area contributed by atoms with E-state index >= 15 is 0 Å². The second-order valence-corrected chi connectivity index (χ2v) is 8.48. The van der Waals surface area contributed by atoms with Crippen LogP contribution in [0, 0.1) is 5.41 Å². The summed E-state index contributed by atoms with van der Waals surface area (Å²) in [6.45, 7) is 6.08. The zero-order valence-corrected chi connectivity index (χ0v) is 13.2. The van der Waals surface area contributed by atoms with Crippen molar-refractivity contribution < 1.29 is 18.3 Å². The van der Waals surface area contributed by atoms with Crippen molar-refractivity contribution in [1.82, 2.24) is 9.03 Å². The Bertz CT molecular complexity index is 420. The molecule has 0 aromatic heterocycles. The van der Waals surface area contributed by atoms with Crippen molar-refractivity contribution in [2.24, 2.45) is 5.41 Å². The summed E-state index contributed by atoms with van der Waals surface area (Å²) in [6, 6.07) is 0. The molecule has 6 nitrogen and oxygen atoms in total. The first-order valence-electron chi connectivity index (χ1n) is 7.27. The van der Waals surface area contributed by atoms with Gasteiger partial charge in [-0.1, -0.05) is 13.8 Å². The van der Waals surface area contributed by atoms with E-state index in [1.165, 1.54) is 4.31 Å². The second kappa shape index (κ2) is 5.88. The third-order valence-electron chi connectivity index (χ3n) is 4.43. The van der Waals surface area contributed by atoms with Crippen molar-refractivity contribution in [3.8, 4) is 0 Å². The highest BCUT2D eigenvalue weighted by molar-refractivity contribution is 7.87. The van der Waals surface area contributed by atoms with Crippen LogP contribution in [0.1, 0.15) is 39.5 Å². The van der Waals surface area contributed by atoms with Crippen molar-refractivity contribution in [3.63, 3.8) is 0 Å². The molecule has 2 rings (SSSR count). The SMILES string of the molecule is CC1(C)CCC(O)(CNS(=O)(=O)N2CCOCC2)CC1. The summed E-state index contributed by atoms with van der Waals surface area (Å²) in [6.07, 6.45) is 3.13. The predicted octanol–water partition coefficient (Wildman–Crippen LogP) is 0.484. The van der Waals surface area contributed by atoms with Crippen molar-refractivity contribution in [2.75, 3.05) is 32.8 Å². The summed E-state index contributed by atoms with van der Waals surface area (Å²) in [5, 5.41) is 10.5. The molecule has 20 heavy (non-hydrogen) atoms. The van der Waals surface area contributed by atoms with E-state index in [1.54, 1.807) is 0 Å². The third-order valence-corrected chi connectivity index (χ3v) is 5.98. The van der Waals surface area contributed by atoms with Crippen LogP contribution < -0.4 is 4.72 Å². The average Bonchev–Trinajstić information content (AvgIpc) is 2.42. The Morgan fingerprint density at radius 2 is 1.70 bits per heavy atom. The molecule has 1 aliphatic carbocycles. The summed E-state index contributed by atoms with van der Waals surface area (Å²) in [5.41, 5.74) is -0.663. The molecule has 0 bridgehead atoms. The predicted molar refractivity (Wildman–Crippen MR) is 76.5 cm³/mol. The number of rotatable bonds is 4. The Labute approximate surface area is 121 Å². The van der Waals surface area contributed by atoms with Gasteiger partial charge in [0, 0.05) is 19.6 Å². The first-order valence-corrected chi connectivity index (χ1v) is 8.71. The van der Waals surface area contributed by atoms with Gasteiger partial charge in [0.15, 0.2) is 0 Å². The lowest BCUT2D eigenvalue weighted by Crippen LogP contribution is -2.52. The topological polar surface area (TPSA) is 78.9 Å². The van der Waals surface area contributed by atoms with Gasteiger partial charge >= 0.3 is 0 Å². The van der Waals surface area contributed by atoms with Crippen LogP contribution in [0.3, 0.4) is 0 Å². The molecule has 1 heterocycles. The number of hydrogen-bond donors (Lipinski definition) is 2. The van der Waals surface area contributed by atoms with Crippen LogP contribution in [0.15, 0.2) is 0 Å². The number of ether oxygens (including phenoxy) is 1. The summed E-state index contributed by atoms with van der Waals surface area (Å²) in [4.78, 5) is 0. The Morgan fingerprint density at radius 3 is 2.25 bits per heavy atom. The monoisotopic (exact) mass is 306 g/mol. The molecule has 0 radical (unpaired) electrons. The highest BCUT2D eigenvalue weighted by atomic mass is 32.2. The lowest BCUT2D eigenvalue weighted by Gasteiger charge is -2.40. The zero-order valence-electron chi connectivity index (χ0n) is 12.4. The molecule has 118 valence electrons. The molecule has 0 aromatic carbocycles. The second-order valence-electron chi connectivity index (χ2n) is 6.73. The number of nitrogens with zero attached hydrogens (tertiary/aromatic N) is 1. The molecule has 1 saturated carbocycles. The van der Waals surface area contributed by atoms with Crippen LogP contribution in [0.2, 0.25) is 0 Å². The van der Waals surface area contributed by atoms with Crippen molar-refractivity contribution in [1.29, 1.82) is 0 Å². The van der Waals surface area contributed by atoms with Crippen LogP contribution in [-0.2, 0) is 14.9 Å². The zero-order chi connectivity index (χ0) is 14.9. The van der Waals surface area contributed by atoms with Crippen molar-refractivity contribution in [3.05, 3.63) is 0 Å². The van der Waals surface area contributed by atoms with Gasteiger partial charge in [-0.3, -0.25) is 0 Å². The molecule has 7 heteroatoms. The first-order chi connectivity index (χ1) is 9.23. The van der Waals surface area contributed by atoms with E-state index in [2.05, 4.69) is 18.6 Å². The highest BCUT2D eigenvalue weighted by Gasteiger charge is 2.38. The van der Waals surface area contributed by atoms with E-state index in [4.69, 9.17) is 4.74 Å². The number of hydrogen-bond acceptors (Lipinski definition) is 4. The molecule has 0 spiro atoms. The molecule has 0 unspecified atom stereocenters. The first kappa shape index (κ1) is 16.2. The van der Waals surface area contributed by atoms with Gasteiger partial charge in [0.25, 0.3) is 10.2 Å². The molecule has 0 atom stereocenters. The van der Waals surface area contributed by atoms with Crippen LogP contribution in [0.25, 0.3) is 0 Å². The van der Waals surface area contributed by atoms with Gasteiger partial charge in [-0.25, -0.2) is 0 Å². The summed E-state index contributed by atoms with van der Waals surface area (Å²) < 4.78 is 33.4. The third kappa shape index (κ3) is 4.14. The quantitative estimate of drug-likeness (QED) is 0.792. The molecular weight excluding hydrogens is 280 g/mol. The van der Waals surface area contributed by atoms with Gasteiger partial charge in [0.1, 0.15) is 0 Å². The lowest BCUT2D eigenvalue weighted by atomic mass is 9.71. The maximum absolute atomic E-state index is 12.1. The standard InChI is InChI=1S/C13H26N2O4S/c1-12(2)3-5-13(16,6-4-12)11-14-20(17,18)15-7-9-19-10-8-15/h14,16H,3-11H2,1-2H3. The highest BCUT2D eigenvalue weighted by Crippen LogP contribution is 2.39. The van der Waals surface area contributed by atoms with E-state index in [9.17, 15) is 13.5 Å². The Balaban J connectivity index is 1.87. The summed E-state index contributed by atoms with van der Waals surface area (Å²) >= 11 is 0. The number of nitrogens with one attached hydrogen (secondary N) is 1. The molecular formula is C13H26N2O4S. The van der Waals surface area contributed by atoms with Gasteiger partial charge < -0.3 is 9.84 Å². The fourth-order valence-electron chi connectivity index (χ4n) is 2.67. The molecule has 2 N–H and O–H groups in total. The van der Waals surface area contributed by atoms with Crippen LogP contribution in [0.4, 0.5) is 0 Å². The van der Waals surface area contributed by atoms with Gasteiger partial charge in [-0.05, 0) is 31.1 Å². The lowest BCUT2D eigenvalue weighted by molar-refractivity contribution is -0.0210. The molecule has 2 aliphatic rings. The minimum absolute atomic E-state index is 0.1000. The summed E-state index contributed by atoms with van der Waals surface area (Å²) in [5.74, 6) is 0. The van der Waals surface area contributed by atoms with Gasteiger partial charge in [-0.2, -0.15) is 17.4 Å². The van der Waals surface area contributed by atoms with Crippen LogP contribution in [-0.4, -0.2) is 56.3 Å². The molecule has 1 aliphatic heterocycles. The van der Waals surface area contributed by atoms with Crippen molar-refractivity contribution >= 4 is 10.2 Å². The molecule has 2 fully saturated rings. The number of morpholine rings is 1. The Hall–Kier alpha value is -0.210. The van der Waals surface area contributed by atoms with Gasteiger partial charge in [0.05, 0.1) is 18.8 Å². The van der Waals surface area contributed by atoms with E-state index in [0.717, 1.165) is 12.8 Å². The minimum Gasteiger partial charge on any atom is -0.389 e. The Morgan fingerprint density at radius 1 is 1.15 bits per heavy atom. The maximum atomic E-state index is 12.1. The fraction of sp³-hybridized carbons (Fsp3) is 1.00. The maximum Gasteiger partial charge on any atom is 0.279 e. The average molecular weight is 306 g/mol. The molecule has 0 aromatic rings. The Kier molecular flexibility index (Phi) is 4.76. The van der Waals surface area contributed by atoms with E-state index in [1.807, 2.05) is 0 Å². The molecule has 0 amide bonds.